The second-order valence-electron chi connectivity index (χ2n) is 7.24. The molecule has 1 aromatic heterocycles. The monoisotopic (exact) mass is 456 g/mol. The van der Waals surface area contributed by atoms with Crippen LogP contribution >= 0.6 is 11.3 Å². The van der Waals surface area contributed by atoms with Crippen LogP contribution in [-0.4, -0.2) is 26.8 Å². The molecule has 8 heteroatoms. The zero-order valence-electron chi connectivity index (χ0n) is 17.3. The third kappa shape index (κ3) is 5.80. The lowest BCUT2D eigenvalue weighted by Crippen LogP contribution is -2.42. The molecule has 0 bridgehead atoms. The van der Waals surface area contributed by atoms with Crippen molar-refractivity contribution in [1.29, 1.82) is 0 Å². The second-order valence-corrected chi connectivity index (χ2v) is 10.4. The Hall–Kier alpha value is -2.97. The maximum absolute atomic E-state index is 13.2. The number of aryl methyl sites for hydroxylation is 2. The van der Waals surface area contributed by atoms with Crippen molar-refractivity contribution < 1.29 is 18.0 Å². The van der Waals surface area contributed by atoms with Gasteiger partial charge in [-0.3, -0.25) is 9.59 Å². The third-order valence-electron chi connectivity index (χ3n) is 4.81. The fraction of sp³-hybridized carbons (Fsp3) is 0.217. The summed E-state index contributed by atoms with van der Waals surface area (Å²) in [5.41, 5.74) is 2.91. The van der Waals surface area contributed by atoms with Gasteiger partial charge < -0.3 is 10.6 Å². The minimum Gasteiger partial charge on any atom is -0.346 e. The van der Waals surface area contributed by atoms with Crippen molar-refractivity contribution in [3.63, 3.8) is 0 Å². The molecule has 0 unspecified atom stereocenters. The summed E-state index contributed by atoms with van der Waals surface area (Å²) in [5, 5.41) is 5.83. The van der Waals surface area contributed by atoms with E-state index in [0.29, 0.717) is 4.88 Å². The van der Waals surface area contributed by atoms with Crippen molar-refractivity contribution in [1.82, 2.24) is 10.6 Å². The molecular weight excluding hydrogens is 432 g/mol. The highest BCUT2D eigenvalue weighted by atomic mass is 32.2. The Kier molecular flexibility index (Phi) is 7.25. The van der Waals surface area contributed by atoms with Gasteiger partial charge in [0.1, 0.15) is 5.25 Å². The Balaban J connectivity index is 1.68. The topological polar surface area (TPSA) is 92.3 Å². The van der Waals surface area contributed by atoms with E-state index in [2.05, 4.69) is 10.6 Å². The van der Waals surface area contributed by atoms with Crippen LogP contribution in [-0.2, 0) is 26.0 Å². The average Bonchev–Trinajstić information content (AvgIpc) is 3.27. The molecule has 31 heavy (non-hydrogen) atoms. The first-order valence-corrected chi connectivity index (χ1v) is 12.2. The highest BCUT2D eigenvalue weighted by molar-refractivity contribution is 7.91. The van der Waals surface area contributed by atoms with Crippen molar-refractivity contribution >= 4 is 33.0 Å². The predicted molar refractivity (Wildman–Crippen MR) is 121 cm³/mol. The molecule has 3 aromatic rings. The molecule has 0 fully saturated rings. The van der Waals surface area contributed by atoms with Gasteiger partial charge in [-0.2, -0.15) is 0 Å². The number of sulfone groups is 1. The lowest BCUT2D eigenvalue weighted by Gasteiger charge is -2.17. The van der Waals surface area contributed by atoms with Crippen LogP contribution < -0.4 is 10.6 Å². The Labute approximate surface area is 186 Å². The molecule has 162 valence electrons. The number of rotatable bonds is 7. The number of amides is 2. The number of hydrogen-bond donors (Lipinski definition) is 2. The summed E-state index contributed by atoms with van der Waals surface area (Å²) in [6.45, 7) is 3.85. The van der Waals surface area contributed by atoms with E-state index in [1.165, 1.54) is 11.3 Å². The minimum atomic E-state index is -3.76. The summed E-state index contributed by atoms with van der Waals surface area (Å²) in [7, 11) is -3.76. The normalized spacial score (nSPS) is 12.2. The SMILES string of the molecule is Cc1ccc(CNC(=O)C(=O)NC[C@H](c2cccs2)S(=O)(=O)c2ccc(C)cc2)cc1. The summed E-state index contributed by atoms with van der Waals surface area (Å²) >= 11 is 1.29. The molecule has 0 aliphatic heterocycles. The summed E-state index contributed by atoms with van der Waals surface area (Å²) in [6, 6.07) is 17.6. The smallest absolute Gasteiger partial charge is 0.309 e. The first-order chi connectivity index (χ1) is 14.8. The molecule has 0 saturated carbocycles. The zero-order valence-corrected chi connectivity index (χ0v) is 18.9. The van der Waals surface area contributed by atoms with Crippen LogP contribution in [0, 0.1) is 13.8 Å². The van der Waals surface area contributed by atoms with Gasteiger partial charge in [0.2, 0.25) is 0 Å². The van der Waals surface area contributed by atoms with Gasteiger partial charge in [0.05, 0.1) is 4.90 Å². The van der Waals surface area contributed by atoms with E-state index in [1.807, 2.05) is 38.1 Å². The average molecular weight is 457 g/mol. The molecule has 0 saturated heterocycles. The van der Waals surface area contributed by atoms with Gasteiger partial charge in [-0.25, -0.2) is 8.42 Å². The van der Waals surface area contributed by atoms with Gasteiger partial charge in [-0.1, -0.05) is 53.6 Å². The Morgan fingerprint density at radius 1 is 0.871 bits per heavy atom. The number of carbonyl (C=O) groups is 2. The van der Waals surface area contributed by atoms with Crippen LogP contribution in [0.25, 0.3) is 0 Å². The summed E-state index contributed by atoms with van der Waals surface area (Å²) in [6.07, 6.45) is 0. The number of benzene rings is 2. The van der Waals surface area contributed by atoms with Crippen LogP contribution in [0.3, 0.4) is 0 Å². The summed E-state index contributed by atoms with van der Waals surface area (Å²) in [5.74, 6) is -1.67. The lowest BCUT2D eigenvalue weighted by molar-refractivity contribution is -0.139. The third-order valence-corrected chi connectivity index (χ3v) is 8.05. The van der Waals surface area contributed by atoms with Crippen LogP contribution in [0.1, 0.15) is 26.8 Å². The van der Waals surface area contributed by atoms with Crippen molar-refractivity contribution in [3.05, 3.63) is 87.6 Å². The van der Waals surface area contributed by atoms with Crippen LogP contribution in [0.2, 0.25) is 0 Å². The molecule has 2 N–H and O–H groups in total. The molecule has 0 spiro atoms. The molecule has 1 atom stereocenters. The minimum absolute atomic E-state index is 0.176. The summed E-state index contributed by atoms with van der Waals surface area (Å²) in [4.78, 5) is 25.2. The zero-order chi connectivity index (χ0) is 22.4. The lowest BCUT2D eigenvalue weighted by atomic mass is 10.1. The summed E-state index contributed by atoms with van der Waals surface area (Å²) < 4.78 is 26.4. The first kappa shape index (κ1) is 22.7. The maximum atomic E-state index is 13.2. The van der Waals surface area contributed by atoms with Crippen molar-refractivity contribution in [3.8, 4) is 0 Å². The fourth-order valence-corrected chi connectivity index (χ4v) is 5.75. The van der Waals surface area contributed by atoms with Crippen LogP contribution in [0.4, 0.5) is 0 Å². The maximum Gasteiger partial charge on any atom is 0.309 e. The fourth-order valence-electron chi connectivity index (χ4n) is 2.96. The Morgan fingerprint density at radius 2 is 1.45 bits per heavy atom. The van der Waals surface area contributed by atoms with Crippen molar-refractivity contribution in [2.24, 2.45) is 0 Å². The van der Waals surface area contributed by atoms with Crippen LogP contribution in [0.15, 0.2) is 70.9 Å². The van der Waals surface area contributed by atoms with Gasteiger partial charge in [-0.15, -0.1) is 11.3 Å². The molecule has 1 heterocycles. The highest BCUT2D eigenvalue weighted by Gasteiger charge is 2.31. The van der Waals surface area contributed by atoms with Gasteiger partial charge in [-0.05, 0) is 43.0 Å². The van der Waals surface area contributed by atoms with E-state index >= 15 is 0 Å². The predicted octanol–water partition coefficient (Wildman–Crippen LogP) is 3.31. The molecular formula is C23H24N2O4S2. The molecule has 0 radical (unpaired) electrons. The van der Waals surface area contributed by atoms with Crippen molar-refractivity contribution in [2.45, 2.75) is 30.5 Å². The highest BCUT2D eigenvalue weighted by Crippen LogP contribution is 2.31. The van der Waals surface area contributed by atoms with E-state index in [4.69, 9.17) is 0 Å². The number of hydrogen-bond acceptors (Lipinski definition) is 5. The quantitative estimate of drug-likeness (QED) is 0.534. The molecule has 2 aromatic carbocycles. The van der Waals surface area contributed by atoms with Gasteiger partial charge in [0.15, 0.2) is 9.84 Å². The van der Waals surface area contributed by atoms with E-state index in [-0.39, 0.29) is 18.0 Å². The molecule has 3 rings (SSSR count). The largest absolute Gasteiger partial charge is 0.346 e. The number of carbonyl (C=O) groups excluding carboxylic acids is 2. The molecule has 0 aliphatic carbocycles. The van der Waals surface area contributed by atoms with Gasteiger partial charge in [0.25, 0.3) is 0 Å². The van der Waals surface area contributed by atoms with Crippen LogP contribution in [0.5, 0.6) is 0 Å². The Morgan fingerprint density at radius 3 is 2.03 bits per heavy atom. The molecule has 0 aliphatic rings. The molecule has 6 nitrogen and oxygen atoms in total. The van der Waals surface area contributed by atoms with Gasteiger partial charge >= 0.3 is 11.8 Å². The number of nitrogens with one attached hydrogen (secondary N) is 2. The Bertz CT molecular complexity index is 1140. The molecule has 2 amide bonds. The standard InChI is InChI=1S/C23H24N2O4S2/c1-16-5-9-18(10-6-16)14-24-22(26)23(27)25-15-21(20-4-3-13-30-20)31(28,29)19-11-7-17(2)8-12-19/h3-13,21H,14-15H2,1-2H3,(H,24,26)(H,25,27)/t21-/m1/s1. The van der Waals surface area contributed by atoms with E-state index in [9.17, 15) is 18.0 Å². The van der Waals surface area contributed by atoms with E-state index in [1.54, 1.807) is 41.8 Å². The second kappa shape index (κ2) is 9.89. The van der Waals surface area contributed by atoms with Gasteiger partial charge in [0, 0.05) is 18.0 Å². The first-order valence-electron chi connectivity index (χ1n) is 9.73. The number of thiophene rings is 1. The van der Waals surface area contributed by atoms with E-state index in [0.717, 1.165) is 16.7 Å². The van der Waals surface area contributed by atoms with E-state index < -0.39 is 26.9 Å². The van der Waals surface area contributed by atoms with Crippen molar-refractivity contribution in [2.75, 3.05) is 6.54 Å².